The lowest BCUT2D eigenvalue weighted by Crippen LogP contribution is -2.15. The second-order valence-electron chi connectivity index (χ2n) is 5.82. The van der Waals surface area contributed by atoms with Crippen molar-refractivity contribution in [1.29, 1.82) is 0 Å². The van der Waals surface area contributed by atoms with E-state index in [2.05, 4.69) is 40.7 Å². The molecule has 0 aliphatic heterocycles. The monoisotopic (exact) mass is 284 g/mol. The molecule has 5 heteroatoms. The number of hydrogen-bond acceptors (Lipinski definition) is 5. The van der Waals surface area contributed by atoms with Crippen LogP contribution in [0.15, 0.2) is 24.7 Å². The highest BCUT2D eigenvalue weighted by Crippen LogP contribution is 2.25. The summed E-state index contributed by atoms with van der Waals surface area (Å²) in [6, 6.07) is 1.99. The van der Waals surface area contributed by atoms with E-state index in [1.54, 1.807) is 11.3 Å². The number of thiazole rings is 1. The van der Waals surface area contributed by atoms with E-state index in [4.69, 9.17) is 0 Å². The maximum atomic E-state index is 4.49. The normalized spacial score (nSPS) is 12.0. The molecule has 4 nitrogen and oxygen atoms in total. The van der Waals surface area contributed by atoms with Gasteiger partial charge in [-0.2, -0.15) is 0 Å². The number of rotatable bonds is 1. The van der Waals surface area contributed by atoms with Crippen LogP contribution in [0.4, 0.5) is 0 Å². The third-order valence-corrected chi connectivity index (χ3v) is 3.92. The van der Waals surface area contributed by atoms with Gasteiger partial charge in [-0.1, -0.05) is 20.8 Å². The zero-order valence-electron chi connectivity index (χ0n) is 12.0. The summed E-state index contributed by atoms with van der Waals surface area (Å²) in [5.74, 6) is 0.840. The first kappa shape index (κ1) is 13.1. The molecule has 0 fully saturated rings. The van der Waals surface area contributed by atoms with Crippen LogP contribution in [-0.4, -0.2) is 19.9 Å². The molecule has 0 aliphatic rings. The molecule has 0 N–H and O–H groups in total. The fourth-order valence-electron chi connectivity index (χ4n) is 1.96. The van der Waals surface area contributed by atoms with Crippen molar-refractivity contribution in [2.24, 2.45) is 0 Å². The Morgan fingerprint density at radius 1 is 1.00 bits per heavy atom. The Hall–Kier alpha value is -1.88. The van der Waals surface area contributed by atoms with Gasteiger partial charge in [0.2, 0.25) is 0 Å². The van der Waals surface area contributed by atoms with E-state index in [9.17, 15) is 0 Å². The molecule has 0 unspecified atom stereocenters. The Balaban J connectivity index is 2.02. The molecule has 3 aromatic heterocycles. The second-order valence-corrected chi connectivity index (χ2v) is 7.05. The fraction of sp³-hybridized carbons (Fsp3) is 0.333. The highest BCUT2D eigenvalue weighted by Gasteiger charge is 2.17. The van der Waals surface area contributed by atoms with Crippen LogP contribution in [0.1, 0.15) is 31.6 Å². The van der Waals surface area contributed by atoms with Gasteiger partial charge in [0, 0.05) is 29.6 Å². The Kier molecular flexibility index (Phi) is 3.01. The maximum absolute atomic E-state index is 4.49. The molecule has 0 spiro atoms. The minimum absolute atomic E-state index is 0.0397. The van der Waals surface area contributed by atoms with Crippen molar-refractivity contribution in [3.63, 3.8) is 0 Å². The lowest BCUT2D eigenvalue weighted by Gasteiger charge is -2.15. The highest BCUT2D eigenvalue weighted by atomic mass is 32.1. The first-order chi connectivity index (χ1) is 9.43. The van der Waals surface area contributed by atoms with E-state index >= 15 is 0 Å². The molecule has 0 bridgehead atoms. The van der Waals surface area contributed by atoms with Crippen LogP contribution < -0.4 is 0 Å². The zero-order chi connectivity index (χ0) is 14.3. The van der Waals surface area contributed by atoms with Crippen molar-refractivity contribution < 1.29 is 0 Å². The third kappa shape index (κ3) is 2.41. The second kappa shape index (κ2) is 4.59. The molecule has 0 saturated carbocycles. The minimum Gasteiger partial charge on any atom is -0.255 e. The average Bonchev–Trinajstić information content (AvgIpc) is 2.77. The smallest absolute Gasteiger partial charge is 0.133 e. The number of fused-ring (bicyclic) bond motifs is 1. The molecule has 0 radical (unpaired) electrons. The van der Waals surface area contributed by atoms with Crippen molar-refractivity contribution in [2.45, 2.75) is 33.1 Å². The number of hydrogen-bond donors (Lipinski definition) is 0. The van der Waals surface area contributed by atoms with Gasteiger partial charge in [0.1, 0.15) is 5.82 Å². The summed E-state index contributed by atoms with van der Waals surface area (Å²) >= 11 is 1.66. The first-order valence-corrected chi connectivity index (χ1v) is 7.31. The predicted molar refractivity (Wildman–Crippen MR) is 81.9 cm³/mol. The van der Waals surface area contributed by atoms with Crippen LogP contribution in [0.5, 0.6) is 0 Å². The quantitative estimate of drug-likeness (QED) is 0.683. The molecule has 0 atom stereocenters. The van der Waals surface area contributed by atoms with E-state index in [1.165, 1.54) is 0 Å². The van der Waals surface area contributed by atoms with Gasteiger partial charge < -0.3 is 0 Å². The topological polar surface area (TPSA) is 51.6 Å². The number of aryl methyl sites for hydroxylation is 1. The molecule has 0 aliphatic carbocycles. The van der Waals surface area contributed by atoms with Gasteiger partial charge in [-0.3, -0.25) is 4.98 Å². The maximum Gasteiger partial charge on any atom is 0.133 e. The van der Waals surface area contributed by atoms with Crippen LogP contribution in [0.25, 0.3) is 21.5 Å². The van der Waals surface area contributed by atoms with E-state index in [0.29, 0.717) is 0 Å². The van der Waals surface area contributed by atoms with E-state index in [-0.39, 0.29) is 5.41 Å². The highest BCUT2D eigenvalue weighted by molar-refractivity contribution is 7.18. The molecule has 0 aromatic carbocycles. The van der Waals surface area contributed by atoms with Gasteiger partial charge >= 0.3 is 0 Å². The molecule has 20 heavy (non-hydrogen) atoms. The van der Waals surface area contributed by atoms with Crippen molar-refractivity contribution >= 4 is 21.6 Å². The van der Waals surface area contributed by atoms with E-state index < -0.39 is 0 Å². The van der Waals surface area contributed by atoms with Gasteiger partial charge in [0.05, 0.1) is 20.9 Å². The Labute approximate surface area is 122 Å². The van der Waals surface area contributed by atoms with Gasteiger partial charge in [-0.15, -0.1) is 11.3 Å². The van der Waals surface area contributed by atoms with Crippen LogP contribution >= 0.6 is 11.3 Å². The lowest BCUT2D eigenvalue weighted by molar-refractivity contribution is 0.545. The summed E-state index contributed by atoms with van der Waals surface area (Å²) in [6.45, 7) is 8.31. The first-order valence-electron chi connectivity index (χ1n) is 6.49. The van der Waals surface area contributed by atoms with Crippen molar-refractivity contribution in [1.82, 2.24) is 19.9 Å². The Bertz CT molecular complexity index is 754. The van der Waals surface area contributed by atoms with Crippen LogP contribution in [0.2, 0.25) is 0 Å². The van der Waals surface area contributed by atoms with Crippen molar-refractivity contribution in [2.75, 3.05) is 0 Å². The third-order valence-electron chi connectivity index (χ3n) is 3.00. The molecule has 3 heterocycles. The number of nitrogens with zero attached hydrogens (tertiary/aromatic N) is 4. The molecule has 0 amide bonds. The summed E-state index contributed by atoms with van der Waals surface area (Å²) in [7, 11) is 0. The Morgan fingerprint density at radius 2 is 1.70 bits per heavy atom. The number of aromatic nitrogens is 4. The van der Waals surface area contributed by atoms with Crippen molar-refractivity contribution in [3.05, 3.63) is 35.5 Å². The lowest BCUT2D eigenvalue weighted by atomic mass is 9.96. The molecular weight excluding hydrogens is 268 g/mol. The standard InChI is InChI=1S/C15H16N4S/c1-9-19-12-5-11(16-8-13(12)20-9)10-6-17-14(18-7-10)15(2,3)4/h5-8H,1-4H3. The van der Waals surface area contributed by atoms with Crippen molar-refractivity contribution in [3.8, 4) is 11.3 Å². The van der Waals surface area contributed by atoms with Crippen LogP contribution in [0, 0.1) is 6.92 Å². The molecule has 0 saturated heterocycles. The summed E-state index contributed by atoms with van der Waals surface area (Å²) in [5.41, 5.74) is 2.73. The summed E-state index contributed by atoms with van der Waals surface area (Å²) in [5, 5.41) is 1.05. The summed E-state index contributed by atoms with van der Waals surface area (Å²) < 4.78 is 1.11. The van der Waals surface area contributed by atoms with Gasteiger partial charge in [0.25, 0.3) is 0 Å². The van der Waals surface area contributed by atoms with E-state index in [1.807, 2.05) is 31.6 Å². The predicted octanol–water partition coefficient (Wildman–Crippen LogP) is 3.75. The Morgan fingerprint density at radius 3 is 2.35 bits per heavy atom. The fourth-order valence-corrected chi connectivity index (χ4v) is 2.73. The summed E-state index contributed by atoms with van der Waals surface area (Å²) in [4.78, 5) is 17.9. The van der Waals surface area contributed by atoms with Gasteiger partial charge in [0.15, 0.2) is 0 Å². The van der Waals surface area contributed by atoms with Crippen LogP contribution in [-0.2, 0) is 5.41 Å². The SMILES string of the molecule is Cc1nc2cc(-c3cnc(C(C)(C)C)nc3)ncc2s1. The largest absolute Gasteiger partial charge is 0.255 e. The van der Waals surface area contributed by atoms with Crippen LogP contribution in [0.3, 0.4) is 0 Å². The summed E-state index contributed by atoms with van der Waals surface area (Å²) in [6.07, 6.45) is 5.54. The minimum atomic E-state index is -0.0397. The molecule has 102 valence electrons. The number of pyridine rings is 1. The molecule has 3 rings (SSSR count). The van der Waals surface area contributed by atoms with E-state index in [0.717, 1.165) is 32.3 Å². The zero-order valence-corrected chi connectivity index (χ0v) is 12.8. The molecular formula is C15H16N4S. The average molecular weight is 284 g/mol. The van der Waals surface area contributed by atoms with Gasteiger partial charge in [-0.05, 0) is 13.0 Å². The van der Waals surface area contributed by atoms with Gasteiger partial charge in [-0.25, -0.2) is 15.0 Å². The molecule has 3 aromatic rings.